The fraction of sp³-hybridized carbons (Fsp3) is 0.381. The Hall–Kier alpha value is -2.20. The molecule has 2 aromatic rings. The molecule has 0 heterocycles. The van der Waals surface area contributed by atoms with Crippen LogP contribution in [0.3, 0.4) is 0 Å². The molecule has 1 N–H and O–H groups in total. The molecule has 0 aromatic heterocycles. The fourth-order valence-corrected chi connectivity index (χ4v) is 2.89. The molecular weight excluding hydrogens is 350 g/mol. The van der Waals surface area contributed by atoms with Crippen LogP contribution in [0.4, 0.5) is 0 Å². The maximum absolute atomic E-state index is 12.6. The molecule has 0 radical (unpaired) electrons. The quantitative estimate of drug-likeness (QED) is 0.740. The van der Waals surface area contributed by atoms with Crippen molar-refractivity contribution in [1.29, 1.82) is 0 Å². The number of halogens is 1. The van der Waals surface area contributed by atoms with E-state index in [9.17, 15) is 4.79 Å². The van der Waals surface area contributed by atoms with Crippen LogP contribution in [0.1, 0.15) is 43.0 Å². The van der Waals surface area contributed by atoms with Gasteiger partial charge in [0.1, 0.15) is 11.5 Å². The van der Waals surface area contributed by atoms with Crippen LogP contribution in [-0.4, -0.2) is 19.1 Å². The Morgan fingerprint density at radius 3 is 2.19 bits per heavy atom. The zero-order valence-electron chi connectivity index (χ0n) is 15.9. The van der Waals surface area contributed by atoms with Crippen LogP contribution in [0.25, 0.3) is 0 Å². The highest BCUT2D eigenvalue weighted by Crippen LogP contribution is 2.27. The van der Waals surface area contributed by atoms with Gasteiger partial charge in [-0.25, -0.2) is 0 Å². The van der Waals surface area contributed by atoms with Crippen molar-refractivity contribution in [3.05, 3.63) is 58.1 Å². The number of rotatable bonds is 7. The standard InChI is InChI=1S/C21H26ClNO3/c1-6-19(16-7-9-17(25-5)10-8-16)23-21(24)15(4)26-18-11-13(2)20(22)14(3)12-18/h7-12,15,19H,6H2,1-5H3,(H,23,24). The molecule has 2 atom stereocenters. The van der Waals surface area contributed by atoms with Gasteiger partial charge in [0.05, 0.1) is 13.2 Å². The van der Waals surface area contributed by atoms with Crippen molar-refractivity contribution in [1.82, 2.24) is 5.32 Å². The van der Waals surface area contributed by atoms with Gasteiger partial charge >= 0.3 is 0 Å². The lowest BCUT2D eigenvalue weighted by molar-refractivity contribution is -0.128. The first-order valence-corrected chi connectivity index (χ1v) is 9.11. The second-order valence-corrected chi connectivity index (χ2v) is 6.75. The highest BCUT2D eigenvalue weighted by molar-refractivity contribution is 6.32. The van der Waals surface area contributed by atoms with Crippen molar-refractivity contribution in [3.8, 4) is 11.5 Å². The van der Waals surface area contributed by atoms with Crippen LogP contribution in [0, 0.1) is 13.8 Å². The van der Waals surface area contributed by atoms with E-state index in [-0.39, 0.29) is 11.9 Å². The zero-order valence-corrected chi connectivity index (χ0v) is 16.7. The van der Waals surface area contributed by atoms with Crippen LogP contribution >= 0.6 is 11.6 Å². The van der Waals surface area contributed by atoms with Gasteiger partial charge < -0.3 is 14.8 Å². The smallest absolute Gasteiger partial charge is 0.261 e. The third kappa shape index (κ3) is 4.92. The van der Waals surface area contributed by atoms with E-state index in [0.717, 1.165) is 33.9 Å². The number of ether oxygens (including phenoxy) is 2. The predicted octanol–water partition coefficient (Wildman–Crippen LogP) is 5.00. The minimum atomic E-state index is -0.609. The molecule has 4 nitrogen and oxygen atoms in total. The molecule has 140 valence electrons. The summed E-state index contributed by atoms with van der Waals surface area (Å²) in [6.45, 7) is 7.62. The van der Waals surface area contributed by atoms with Crippen molar-refractivity contribution in [2.24, 2.45) is 0 Å². The van der Waals surface area contributed by atoms with Gasteiger partial charge in [0.15, 0.2) is 6.10 Å². The van der Waals surface area contributed by atoms with Gasteiger partial charge in [0.2, 0.25) is 0 Å². The highest BCUT2D eigenvalue weighted by Gasteiger charge is 2.20. The molecule has 0 aliphatic rings. The molecule has 0 saturated heterocycles. The van der Waals surface area contributed by atoms with Crippen molar-refractivity contribution in [2.45, 2.75) is 46.3 Å². The molecule has 2 unspecified atom stereocenters. The Kier molecular flexibility index (Phi) is 6.92. The molecule has 2 aromatic carbocycles. The van der Waals surface area contributed by atoms with Crippen LogP contribution in [-0.2, 0) is 4.79 Å². The maximum Gasteiger partial charge on any atom is 0.261 e. The van der Waals surface area contributed by atoms with Gasteiger partial charge in [-0.1, -0.05) is 30.7 Å². The Labute approximate surface area is 160 Å². The van der Waals surface area contributed by atoms with E-state index in [1.165, 1.54) is 0 Å². The van der Waals surface area contributed by atoms with Gasteiger partial charge in [0, 0.05) is 5.02 Å². The molecule has 0 spiro atoms. The number of hydrogen-bond donors (Lipinski definition) is 1. The summed E-state index contributed by atoms with van der Waals surface area (Å²) >= 11 is 6.18. The SMILES string of the molecule is CCC(NC(=O)C(C)Oc1cc(C)c(Cl)c(C)c1)c1ccc(OC)cc1. The minimum absolute atomic E-state index is 0.0758. The lowest BCUT2D eigenvalue weighted by atomic mass is 10.0. The van der Waals surface area contributed by atoms with Crippen molar-refractivity contribution < 1.29 is 14.3 Å². The lowest BCUT2D eigenvalue weighted by Gasteiger charge is -2.21. The van der Waals surface area contributed by atoms with E-state index in [1.807, 2.05) is 57.2 Å². The number of amides is 1. The van der Waals surface area contributed by atoms with E-state index in [4.69, 9.17) is 21.1 Å². The Morgan fingerprint density at radius 1 is 1.12 bits per heavy atom. The minimum Gasteiger partial charge on any atom is -0.497 e. The molecule has 0 fully saturated rings. The molecule has 1 amide bonds. The predicted molar refractivity (Wildman–Crippen MR) is 105 cm³/mol. The summed E-state index contributed by atoms with van der Waals surface area (Å²) < 4.78 is 11.0. The third-order valence-corrected chi connectivity index (χ3v) is 4.93. The topological polar surface area (TPSA) is 47.6 Å². The van der Waals surface area contributed by atoms with Crippen LogP contribution in [0.5, 0.6) is 11.5 Å². The van der Waals surface area contributed by atoms with Gasteiger partial charge in [-0.3, -0.25) is 4.79 Å². The van der Waals surface area contributed by atoms with Gasteiger partial charge in [-0.2, -0.15) is 0 Å². The number of methoxy groups -OCH3 is 1. The first-order valence-electron chi connectivity index (χ1n) is 8.73. The molecule has 0 aliphatic heterocycles. The summed E-state index contributed by atoms with van der Waals surface area (Å²) in [5.41, 5.74) is 2.89. The zero-order chi connectivity index (χ0) is 19.3. The van der Waals surface area contributed by atoms with Crippen molar-refractivity contribution in [2.75, 3.05) is 7.11 Å². The van der Waals surface area contributed by atoms with E-state index in [2.05, 4.69) is 5.32 Å². The van der Waals surface area contributed by atoms with Crippen molar-refractivity contribution in [3.63, 3.8) is 0 Å². The molecule has 0 saturated carbocycles. The fourth-order valence-electron chi connectivity index (χ4n) is 2.78. The first-order chi connectivity index (χ1) is 12.3. The number of carbonyl (C=O) groups is 1. The first kappa shape index (κ1) is 20.1. The van der Waals surface area contributed by atoms with E-state index < -0.39 is 6.10 Å². The average Bonchev–Trinajstić information content (AvgIpc) is 2.64. The summed E-state index contributed by atoms with van der Waals surface area (Å²) in [7, 11) is 1.63. The van der Waals surface area contributed by atoms with E-state index in [0.29, 0.717) is 5.75 Å². The Bertz CT molecular complexity index is 735. The Morgan fingerprint density at radius 2 is 1.69 bits per heavy atom. The number of carbonyl (C=O) groups excluding carboxylic acids is 1. The van der Waals surface area contributed by atoms with Gasteiger partial charge in [-0.05, 0) is 68.1 Å². The largest absolute Gasteiger partial charge is 0.497 e. The van der Waals surface area contributed by atoms with Gasteiger partial charge in [0.25, 0.3) is 5.91 Å². The monoisotopic (exact) mass is 375 g/mol. The highest BCUT2D eigenvalue weighted by atomic mass is 35.5. The molecule has 0 bridgehead atoms. The van der Waals surface area contributed by atoms with Crippen LogP contribution in [0.2, 0.25) is 5.02 Å². The summed E-state index contributed by atoms with van der Waals surface area (Å²) in [5.74, 6) is 1.28. The van der Waals surface area contributed by atoms with Crippen LogP contribution < -0.4 is 14.8 Å². The second-order valence-electron chi connectivity index (χ2n) is 6.37. The normalized spacial score (nSPS) is 13.0. The number of nitrogens with one attached hydrogen (secondary N) is 1. The number of benzene rings is 2. The molecular formula is C21H26ClNO3. The third-order valence-electron chi connectivity index (χ3n) is 4.33. The summed E-state index contributed by atoms with van der Waals surface area (Å²) in [6, 6.07) is 11.3. The molecule has 2 rings (SSSR count). The summed E-state index contributed by atoms with van der Waals surface area (Å²) in [5, 5.41) is 3.77. The summed E-state index contributed by atoms with van der Waals surface area (Å²) in [4.78, 5) is 12.6. The lowest BCUT2D eigenvalue weighted by Crippen LogP contribution is -2.38. The van der Waals surface area contributed by atoms with Crippen molar-refractivity contribution >= 4 is 17.5 Å². The molecule has 0 aliphatic carbocycles. The average molecular weight is 376 g/mol. The molecule has 5 heteroatoms. The second kappa shape index (κ2) is 8.95. The number of aryl methyl sites for hydroxylation is 2. The maximum atomic E-state index is 12.6. The summed E-state index contributed by atoms with van der Waals surface area (Å²) in [6.07, 6.45) is 0.173. The van der Waals surface area contributed by atoms with E-state index >= 15 is 0 Å². The van der Waals surface area contributed by atoms with E-state index in [1.54, 1.807) is 14.0 Å². The Balaban J connectivity index is 2.04. The van der Waals surface area contributed by atoms with Gasteiger partial charge in [-0.15, -0.1) is 0 Å². The van der Waals surface area contributed by atoms with Crippen LogP contribution in [0.15, 0.2) is 36.4 Å². The number of hydrogen-bond acceptors (Lipinski definition) is 3. The molecule has 26 heavy (non-hydrogen) atoms.